The molecule has 1 saturated heterocycles. The smallest absolute Gasteiger partial charge is 0.216 e. The molecule has 1 unspecified atom stereocenters. The van der Waals surface area contributed by atoms with E-state index in [9.17, 15) is 0 Å². The highest BCUT2D eigenvalue weighted by Gasteiger charge is 2.15. The molecule has 7 nitrogen and oxygen atoms in total. The van der Waals surface area contributed by atoms with Crippen molar-refractivity contribution in [1.29, 1.82) is 0 Å². The number of rotatable bonds is 6. The molecule has 1 aliphatic heterocycles. The van der Waals surface area contributed by atoms with E-state index in [0.29, 0.717) is 29.2 Å². The van der Waals surface area contributed by atoms with Crippen molar-refractivity contribution in [2.75, 3.05) is 18.8 Å². The molecular weight excluding hydrogens is 312 g/mol. The van der Waals surface area contributed by atoms with Crippen molar-refractivity contribution in [3.63, 3.8) is 0 Å². The topological polar surface area (TPSA) is 91.1 Å². The Morgan fingerprint density at radius 2 is 2.48 bits per heavy atom. The second-order valence-corrected chi connectivity index (χ2v) is 6.70. The van der Waals surface area contributed by atoms with E-state index in [4.69, 9.17) is 4.42 Å². The number of aliphatic imine (C=N–C) groups is 1. The number of furan rings is 1. The lowest BCUT2D eigenvalue weighted by Crippen LogP contribution is -2.40. The molecule has 3 N–H and O–H groups in total. The van der Waals surface area contributed by atoms with E-state index in [1.54, 1.807) is 6.26 Å². The van der Waals surface area contributed by atoms with Gasteiger partial charge in [0, 0.05) is 18.3 Å². The summed E-state index contributed by atoms with van der Waals surface area (Å²) >= 11 is 2.03. The summed E-state index contributed by atoms with van der Waals surface area (Å²) in [7, 11) is 0. The molecule has 0 aromatic carbocycles. The fourth-order valence-corrected chi connectivity index (χ4v) is 3.59. The van der Waals surface area contributed by atoms with E-state index in [1.807, 2.05) is 23.9 Å². The third-order valence-electron chi connectivity index (χ3n) is 3.53. The molecule has 1 atom stereocenters. The summed E-state index contributed by atoms with van der Waals surface area (Å²) in [5.74, 6) is 4.01. The quantitative estimate of drug-likeness (QED) is 0.553. The van der Waals surface area contributed by atoms with Crippen LogP contribution in [0.3, 0.4) is 0 Å². The number of aromatic amines is 1. The Kier molecular flexibility index (Phi) is 5.57. The van der Waals surface area contributed by atoms with Gasteiger partial charge in [0.25, 0.3) is 0 Å². The van der Waals surface area contributed by atoms with Gasteiger partial charge in [0.2, 0.25) is 5.82 Å². The third-order valence-corrected chi connectivity index (χ3v) is 4.92. The van der Waals surface area contributed by atoms with E-state index >= 15 is 0 Å². The van der Waals surface area contributed by atoms with Crippen molar-refractivity contribution in [2.24, 2.45) is 4.99 Å². The number of nitrogens with zero attached hydrogens (tertiary/aromatic N) is 3. The lowest BCUT2D eigenvalue weighted by atomic mass is 10.2. The average Bonchev–Trinajstić information content (AvgIpc) is 3.32. The number of hydrogen-bond acceptors (Lipinski definition) is 5. The van der Waals surface area contributed by atoms with Crippen LogP contribution in [0.1, 0.15) is 25.6 Å². The van der Waals surface area contributed by atoms with Crippen molar-refractivity contribution >= 4 is 17.7 Å². The number of thioether (sulfide) groups is 1. The van der Waals surface area contributed by atoms with Gasteiger partial charge in [0.15, 0.2) is 11.7 Å². The average molecular weight is 334 g/mol. The molecule has 0 aliphatic carbocycles. The highest BCUT2D eigenvalue weighted by Crippen LogP contribution is 2.25. The van der Waals surface area contributed by atoms with Gasteiger partial charge in [-0.1, -0.05) is 0 Å². The molecule has 3 rings (SSSR count). The van der Waals surface area contributed by atoms with E-state index in [2.05, 4.69) is 37.7 Å². The number of aromatic nitrogens is 3. The fraction of sp³-hybridized carbons (Fsp3) is 0.533. The van der Waals surface area contributed by atoms with Crippen molar-refractivity contribution in [3.8, 4) is 11.6 Å². The van der Waals surface area contributed by atoms with Crippen LogP contribution in [-0.2, 0) is 6.54 Å². The summed E-state index contributed by atoms with van der Waals surface area (Å²) in [6.07, 6.45) is 4.21. The zero-order valence-electron chi connectivity index (χ0n) is 13.2. The Morgan fingerprint density at radius 1 is 1.52 bits per heavy atom. The van der Waals surface area contributed by atoms with Gasteiger partial charge in [-0.25, -0.2) is 9.98 Å². The van der Waals surface area contributed by atoms with Crippen molar-refractivity contribution < 1.29 is 4.42 Å². The van der Waals surface area contributed by atoms with Gasteiger partial charge in [0.05, 0.1) is 6.26 Å². The van der Waals surface area contributed by atoms with Gasteiger partial charge in [-0.15, -0.1) is 5.10 Å². The molecule has 2 aromatic heterocycles. The zero-order valence-corrected chi connectivity index (χ0v) is 14.0. The van der Waals surface area contributed by atoms with Crippen molar-refractivity contribution in [3.05, 3.63) is 24.2 Å². The first-order valence-corrected chi connectivity index (χ1v) is 8.99. The molecule has 1 aliphatic rings. The first-order chi connectivity index (χ1) is 11.3. The summed E-state index contributed by atoms with van der Waals surface area (Å²) < 4.78 is 5.28. The summed E-state index contributed by atoms with van der Waals surface area (Å²) in [6, 6.07) is 3.65. The predicted octanol–water partition coefficient (Wildman–Crippen LogP) is 2.02. The molecule has 1 fully saturated rings. The van der Waals surface area contributed by atoms with Crippen LogP contribution in [-0.4, -0.2) is 45.2 Å². The molecule has 124 valence electrons. The van der Waals surface area contributed by atoms with Crippen LogP contribution in [0.2, 0.25) is 0 Å². The molecule has 3 heterocycles. The second kappa shape index (κ2) is 8.05. The standard InChI is InChI=1S/C15H22N6OS/c1-2-16-15(17-9-11-5-4-8-23-11)18-10-13-19-14(21-20-13)12-6-3-7-22-12/h3,6-7,11H,2,4-5,8-10H2,1H3,(H2,16,17,18)(H,19,20,21). The third kappa shape index (κ3) is 4.51. The Balaban J connectivity index is 1.56. The molecule has 0 saturated carbocycles. The molecule has 0 spiro atoms. The molecule has 8 heteroatoms. The van der Waals surface area contributed by atoms with E-state index < -0.39 is 0 Å². The number of hydrogen-bond donors (Lipinski definition) is 3. The maximum absolute atomic E-state index is 5.28. The Labute approximate surface area is 139 Å². The largest absolute Gasteiger partial charge is 0.461 e. The van der Waals surface area contributed by atoms with Crippen LogP contribution in [0, 0.1) is 0 Å². The minimum absolute atomic E-state index is 0.445. The number of nitrogens with one attached hydrogen (secondary N) is 3. The van der Waals surface area contributed by atoms with Crippen LogP contribution < -0.4 is 10.6 Å². The van der Waals surface area contributed by atoms with Gasteiger partial charge in [-0.05, 0) is 37.7 Å². The van der Waals surface area contributed by atoms with Crippen LogP contribution in [0.25, 0.3) is 11.6 Å². The fourth-order valence-electron chi connectivity index (χ4n) is 2.39. The molecule has 2 aromatic rings. The Bertz CT molecular complexity index is 618. The normalized spacial score (nSPS) is 18.3. The first-order valence-electron chi connectivity index (χ1n) is 7.94. The lowest BCUT2D eigenvalue weighted by molar-refractivity contribution is 0.577. The van der Waals surface area contributed by atoms with Gasteiger partial charge >= 0.3 is 0 Å². The molecule has 0 radical (unpaired) electrons. The van der Waals surface area contributed by atoms with Gasteiger partial charge in [-0.3, -0.25) is 5.10 Å². The molecule has 0 bridgehead atoms. The van der Waals surface area contributed by atoms with Crippen LogP contribution in [0.4, 0.5) is 0 Å². The maximum atomic E-state index is 5.28. The van der Waals surface area contributed by atoms with E-state index in [1.165, 1.54) is 18.6 Å². The first kappa shape index (κ1) is 15.9. The summed E-state index contributed by atoms with van der Waals surface area (Å²) in [5, 5.41) is 14.4. The van der Waals surface area contributed by atoms with Crippen LogP contribution in [0.5, 0.6) is 0 Å². The highest BCUT2D eigenvalue weighted by atomic mass is 32.2. The minimum atomic E-state index is 0.445. The zero-order chi connectivity index (χ0) is 15.9. The van der Waals surface area contributed by atoms with Crippen LogP contribution >= 0.6 is 11.8 Å². The Hall–Kier alpha value is -1.96. The highest BCUT2D eigenvalue weighted by molar-refractivity contribution is 8.00. The summed E-state index contributed by atoms with van der Waals surface area (Å²) in [4.78, 5) is 8.96. The van der Waals surface area contributed by atoms with E-state index in [0.717, 1.165) is 19.0 Å². The van der Waals surface area contributed by atoms with Gasteiger partial charge in [-0.2, -0.15) is 11.8 Å². The van der Waals surface area contributed by atoms with Crippen molar-refractivity contribution in [1.82, 2.24) is 25.8 Å². The second-order valence-electron chi connectivity index (χ2n) is 5.29. The summed E-state index contributed by atoms with van der Waals surface area (Å²) in [5.41, 5.74) is 0. The van der Waals surface area contributed by atoms with Gasteiger partial charge in [0.1, 0.15) is 12.4 Å². The number of guanidine groups is 1. The Morgan fingerprint density at radius 3 is 3.22 bits per heavy atom. The maximum Gasteiger partial charge on any atom is 0.216 e. The molecule has 23 heavy (non-hydrogen) atoms. The van der Waals surface area contributed by atoms with Gasteiger partial charge < -0.3 is 15.1 Å². The van der Waals surface area contributed by atoms with Crippen LogP contribution in [0.15, 0.2) is 27.8 Å². The van der Waals surface area contributed by atoms with E-state index in [-0.39, 0.29) is 0 Å². The SMILES string of the molecule is CCNC(=NCc1nc(-c2ccco2)n[nH]1)NCC1CCCS1. The monoisotopic (exact) mass is 334 g/mol. The van der Waals surface area contributed by atoms with Crippen molar-refractivity contribution in [2.45, 2.75) is 31.6 Å². The number of H-pyrrole nitrogens is 1. The minimum Gasteiger partial charge on any atom is -0.461 e. The molecular formula is C15H22N6OS. The lowest BCUT2D eigenvalue weighted by Gasteiger charge is -2.14. The summed E-state index contributed by atoms with van der Waals surface area (Å²) in [6.45, 7) is 4.29. The molecule has 0 amide bonds. The predicted molar refractivity (Wildman–Crippen MR) is 92.4 cm³/mol.